The Kier molecular flexibility index (Phi) is 4.90. The van der Waals surface area contributed by atoms with Crippen LogP contribution in [0, 0.1) is 11.7 Å². The third-order valence-corrected chi connectivity index (χ3v) is 4.37. The Morgan fingerprint density at radius 2 is 2.08 bits per heavy atom. The normalized spacial score (nSPS) is 16.8. The maximum atomic E-state index is 13.5. The largest absolute Gasteiger partial charge is 0.495 e. The summed E-state index contributed by atoms with van der Waals surface area (Å²) in [4.78, 5) is 26.3. The van der Waals surface area contributed by atoms with Crippen molar-refractivity contribution in [3.63, 3.8) is 0 Å². The van der Waals surface area contributed by atoms with Gasteiger partial charge in [-0.3, -0.25) is 9.59 Å². The van der Waals surface area contributed by atoms with Gasteiger partial charge in [-0.15, -0.1) is 0 Å². The number of halogens is 2. The van der Waals surface area contributed by atoms with Gasteiger partial charge in [0.1, 0.15) is 11.6 Å². The molecule has 0 spiro atoms. The highest BCUT2D eigenvalue weighted by molar-refractivity contribution is 6.30. The van der Waals surface area contributed by atoms with E-state index in [1.165, 1.54) is 24.1 Å². The van der Waals surface area contributed by atoms with Crippen molar-refractivity contribution in [2.45, 2.75) is 6.42 Å². The molecule has 2 amide bonds. The molecule has 0 radical (unpaired) electrons. The van der Waals surface area contributed by atoms with Crippen molar-refractivity contribution in [2.75, 3.05) is 23.9 Å². The summed E-state index contributed by atoms with van der Waals surface area (Å²) >= 11 is 5.63. The van der Waals surface area contributed by atoms with Crippen LogP contribution in [0.3, 0.4) is 0 Å². The molecule has 7 heteroatoms. The number of benzene rings is 2. The fourth-order valence-electron chi connectivity index (χ4n) is 2.79. The molecule has 2 aromatic carbocycles. The minimum absolute atomic E-state index is 0.0172. The smallest absolute Gasteiger partial charge is 0.229 e. The van der Waals surface area contributed by atoms with E-state index in [0.29, 0.717) is 17.1 Å². The van der Waals surface area contributed by atoms with Crippen LogP contribution in [0.15, 0.2) is 42.5 Å². The van der Waals surface area contributed by atoms with Gasteiger partial charge in [-0.1, -0.05) is 23.7 Å². The minimum atomic E-state index is -0.613. The number of hydrogen-bond acceptors (Lipinski definition) is 3. The summed E-state index contributed by atoms with van der Waals surface area (Å²) in [5.41, 5.74) is 0.929. The van der Waals surface area contributed by atoms with Crippen LogP contribution >= 0.6 is 11.6 Å². The second-order valence-corrected chi connectivity index (χ2v) is 6.10. The maximum Gasteiger partial charge on any atom is 0.229 e. The van der Waals surface area contributed by atoms with E-state index in [2.05, 4.69) is 5.32 Å². The van der Waals surface area contributed by atoms with Gasteiger partial charge in [-0.2, -0.15) is 0 Å². The molecule has 1 N–H and O–H groups in total. The lowest BCUT2D eigenvalue weighted by Crippen LogP contribution is -2.28. The van der Waals surface area contributed by atoms with Crippen LogP contribution in [0.2, 0.25) is 5.02 Å². The third kappa shape index (κ3) is 3.58. The van der Waals surface area contributed by atoms with Gasteiger partial charge in [0.2, 0.25) is 11.8 Å². The van der Waals surface area contributed by atoms with Gasteiger partial charge in [0.05, 0.1) is 23.7 Å². The van der Waals surface area contributed by atoms with Gasteiger partial charge < -0.3 is 15.0 Å². The van der Waals surface area contributed by atoms with E-state index in [-0.39, 0.29) is 29.8 Å². The molecule has 1 aliphatic rings. The first kappa shape index (κ1) is 17.2. The van der Waals surface area contributed by atoms with Gasteiger partial charge in [0, 0.05) is 18.7 Å². The lowest BCUT2D eigenvalue weighted by atomic mass is 10.1. The number of rotatable bonds is 4. The van der Waals surface area contributed by atoms with Crippen molar-refractivity contribution in [3.05, 3.63) is 53.3 Å². The quantitative estimate of drug-likeness (QED) is 0.905. The molecule has 2 aromatic rings. The number of carbonyl (C=O) groups excluding carboxylic acids is 2. The van der Waals surface area contributed by atoms with Crippen molar-refractivity contribution >= 4 is 34.8 Å². The average Bonchev–Trinajstić information content (AvgIpc) is 3.00. The number of hydrogen-bond donors (Lipinski definition) is 1. The van der Waals surface area contributed by atoms with Gasteiger partial charge in [-0.25, -0.2) is 4.39 Å². The summed E-state index contributed by atoms with van der Waals surface area (Å²) in [5.74, 6) is -1.08. The Morgan fingerprint density at radius 1 is 1.32 bits per heavy atom. The van der Waals surface area contributed by atoms with Crippen LogP contribution in [0.1, 0.15) is 6.42 Å². The van der Waals surface area contributed by atoms with Crippen LogP contribution in [0.5, 0.6) is 5.75 Å². The fourth-order valence-corrected chi connectivity index (χ4v) is 2.90. The predicted molar refractivity (Wildman–Crippen MR) is 93.5 cm³/mol. The summed E-state index contributed by atoms with van der Waals surface area (Å²) in [5, 5.41) is 2.61. The Labute approximate surface area is 149 Å². The van der Waals surface area contributed by atoms with E-state index >= 15 is 0 Å². The number of methoxy groups -OCH3 is 1. The van der Waals surface area contributed by atoms with Crippen molar-refractivity contribution in [2.24, 2.45) is 5.92 Å². The Hall–Kier alpha value is -2.60. The number of carbonyl (C=O) groups is 2. The van der Waals surface area contributed by atoms with Crippen LogP contribution in [-0.2, 0) is 9.59 Å². The zero-order valence-corrected chi connectivity index (χ0v) is 14.2. The molecule has 0 bridgehead atoms. The van der Waals surface area contributed by atoms with Crippen molar-refractivity contribution in [3.8, 4) is 5.75 Å². The molecule has 0 aromatic heterocycles. The fraction of sp³-hybridized carbons (Fsp3) is 0.222. The van der Waals surface area contributed by atoms with E-state index in [4.69, 9.17) is 16.3 Å². The number of amides is 2. The Balaban J connectivity index is 1.73. The second-order valence-electron chi connectivity index (χ2n) is 5.70. The van der Waals surface area contributed by atoms with Gasteiger partial charge >= 0.3 is 0 Å². The summed E-state index contributed by atoms with van der Waals surface area (Å²) < 4.78 is 18.7. The highest BCUT2D eigenvalue weighted by atomic mass is 35.5. The third-order valence-electron chi connectivity index (χ3n) is 4.06. The topological polar surface area (TPSA) is 58.6 Å². The van der Waals surface area contributed by atoms with Crippen molar-refractivity contribution < 1.29 is 18.7 Å². The zero-order chi connectivity index (χ0) is 18.0. The maximum absolute atomic E-state index is 13.5. The summed E-state index contributed by atoms with van der Waals surface area (Å²) in [6, 6.07) is 11.2. The average molecular weight is 363 g/mol. The molecule has 0 saturated carbocycles. The van der Waals surface area contributed by atoms with Crippen LogP contribution < -0.4 is 15.0 Å². The number of ether oxygens (including phenoxy) is 1. The molecule has 1 fully saturated rings. The highest BCUT2D eigenvalue weighted by Crippen LogP contribution is 2.33. The molecule has 1 aliphatic heterocycles. The summed E-state index contributed by atoms with van der Waals surface area (Å²) in [6.45, 7) is 0.237. The molecular formula is C18H16ClFN2O3. The second kappa shape index (κ2) is 7.11. The van der Waals surface area contributed by atoms with E-state index in [1.54, 1.807) is 18.2 Å². The molecule has 1 atom stereocenters. The van der Waals surface area contributed by atoms with E-state index < -0.39 is 11.7 Å². The molecule has 1 saturated heterocycles. The monoisotopic (exact) mass is 362 g/mol. The van der Waals surface area contributed by atoms with Crippen LogP contribution in [-0.4, -0.2) is 25.5 Å². The lowest BCUT2D eigenvalue weighted by molar-refractivity contribution is -0.122. The molecule has 25 heavy (non-hydrogen) atoms. The number of para-hydroxylation sites is 2. The predicted octanol–water partition coefficient (Wildman–Crippen LogP) is 3.48. The number of anilines is 2. The van der Waals surface area contributed by atoms with E-state index in [9.17, 15) is 14.0 Å². The van der Waals surface area contributed by atoms with Gasteiger partial charge in [0.15, 0.2) is 0 Å². The van der Waals surface area contributed by atoms with E-state index in [1.807, 2.05) is 6.07 Å². The Morgan fingerprint density at radius 3 is 2.80 bits per heavy atom. The zero-order valence-electron chi connectivity index (χ0n) is 13.5. The van der Waals surface area contributed by atoms with Gasteiger partial charge in [-0.05, 0) is 30.3 Å². The highest BCUT2D eigenvalue weighted by Gasteiger charge is 2.36. The lowest BCUT2D eigenvalue weighted by Gasteiger charge is -2.19. The minimum Gasteiger partial charge on any atom is -0.495 e. The summed E-state index contributed by atoms with van der Waals surface area (Å²) in [6.07, 6.45) is 0.0833. The molecule has 130 valence electrons. The standard InChI is InChI=1S/C18H16ClFN2O3/c1-25-16-5-3-2-4-15(16)22-10-11(8-17(22)23)18(24)21-12-6-7-13(19)14(20)9-12/h2-7,9,11H,8,10H2,1H3,(H,21,24). The van der Waals surface area contributed by atoms with Gasteiger partial charge in [0.25, 0.3) is 0 Å². The number of nitrogens with zero attached hydrogens (tertiary/aromatic N) is 1. The first-order valence-electron chi connectivity index (χ1n) is 7.69. The van der Waals surface area contributed by atoms with E-state index in [0.717, 1.165) is 6.07 Å². The SMILES string of the molecule is COc1ccccc1N1CC(C(=O)Nc2ccc(Cl)c(F)c2)CC1=O. The van der Waals surface area contributed by atoms with Crippen molar-refractivity contribution in [1.29, 1.82) is 0 Å². The molecule has 1 unspecified atom stereocenters. The Bertz CT molecular complexity index is 828. The van der Waals surface area contributed by atoms with Crippen LogP contribution in [0.4, 0.5) is 15.8 Å². The van der Waals surface area contributed by atoms with Crippen LogP contribution in [0.25, 0.3) is 0 Å². The molecular weight excluding hydrogens is 347 g/mol. The molecule has 3 rings (SSSR count). The molecule has 1 heterocycles. The first-order valence-corrected chi connectivity index (χ1v) is 8.06. The number of nitrogens with one attached hydrogen (secondary N) is 1. The summed E-state index contributed by atoms with van der Waals surface area (Å²) in [7, 11) is 1.53. The first-order chi connectivity index (χ1) is 12.0. The van der Waals surface area contributed by atoms with Crippen molar-refractivity contribution in [1.82, 2.24) is 0 Å². The molecule has 0 aliphatic carbocycles. The molecule has 5 nitrogen and oxygen atoms in total.